The highest BCUT2D eigenvalue weighted by Gasteiger charge is 2.18. The topological polar surface area (TPSA) is 6.48 Å². The van der Waals surface area contributed by atoms with Gasteiger partial charge in [-0.15, -0.1) is 0 Å². The van der Waals surface area contributed by atoms with E-state index in [1.54, 1.807) is 0 Å². The van der Waals surface area contributed by atoms with Crippen LogP contribution in [0.3, 0.4) is 0 Å². The predicted molar refractivity (Wildman–Crippen MR) is 98.5 cm³/mol. The molecule has 5 heteroatoms. The smallest absolute Gasteiger partial charge is 0.0465 e. The van der Waals surface area contributed by atoms with Gasteiger partial charge in [0.25, 0.3) is 0 Å². The minimum absolute atomic E-state index is 0.751. The molecule has 1 heterocycles. The van der Waals surface area contributed by atoms with Crippen molar-refractivity contribution >= 4 is 34.8 Å². The lowest BCUT2D eigenvalue weighted by atomic mass is 10.1. The summed E-state index contributed by atoms with van der Waals surface area (Å²) in [5.41, 5.74) is 2.33. The van der Waals surface area contributed by atoms with Crippen LogP contribution in [0.4, 0.5) is 0 Å². The van der Waals surface area contributed by atoms with Crippen LogP contribution < -0.4 is 0 Å². The fourth-order valence-corrected chi connectivity index (χ4v) is 3.50. The maximum absolute atomic E-state index is 6.27. The molecule has 0 amide bonds. The maximum atomic E-state index is 6.27. The molecule has 0 aromatic heterocycles. The molecular weight excluding hydrogens is 351 g/mol. The van der Waals surface area contributed by atoms with E-state index in [0.717, 1.165) is 59.9 Å². The van der Waals surface area contributed by atoms with Crippen molar-refractivity contribution in [3.05, 3.63) is 68.7 Å². The van der Waals surface area contributed by atoms with Gasteiger partial charge in [-0.1, -0.05) is 53.0 Å². The van der Waals surface area contributed by atoms with Gasteiger partial charge in [-0.2, -0.15) is 0 Å². The molecule has 0 atom stereocenters. The number of nitrogens with zero attached hydrogens (tertiary/aromatic N) is 2. The number of rotatable bonds is 4. The Morgan fingerprint density at radius 2 is 1.22 bits per heavy atom. The van der Waals surface area contributed by atoms with Crippen LogP contribution in [-0.4, -0.2) is 36.0 Å². The third-order valence-corrected chi connectivity index (χ3v) is 5.19. The van der Waals surface area contributed by atoms with Crippen LogP contribution in [0.5, 0.6) is 0 Å². The zero-order valence-electron chi connectivity index (χ0n) is 12.8. The standard InChI is InChI=1S/C18H19Cl3N2/c19-15-6-4-14(5-7-15)12-22-8-10-23(11-9-22)13-16-17(20)2-1-3-18(16)21/h1-7H,8-13H2. The fraction of sp³-hybridized carbons (Fsp3) is 0.333. The van der Waals surface area contributed by atoms with E-state index in [2.05, 4.69) is 21.9 Å². The Labute approximate surface area is 152 Å². The van der Waals surface area contributed by atoms with Crippen molar-refractivity contribution in [1.29, 1.82) is 0 Å². The molecule has 0 bridgehead atoms. The summed E-state index contributed by atoms with van der Waals surface area (Å²) >= 11 is 18.5. The van der Waals surface area contributed by atoms with E-state index in [1.165, 1.54) is 5.56 Å². The Morgan fingerprint density at radius 1 is 0.696 bits per heavy atom. The molecule has 23 heavy (non-hydrogen) atoms. The molecule has 1 saturated heterocycles. The predicted octanol–water partition coefficient (Wildman–Crippen LogP) is 4.96. The van der Waals surface area contributed by atoms with Gasteiger partial charge in [0.2, 0.25) is 0 Å². The van der Waals surface area contributed by atoms with Gasteiger partial charge in [-0.3, -0.25) is 9.80 Å². The third-order valence-electron chi connectivity index (χ3n) is 4.23. The molecule has 1 aliphatic rings. The molecular formula is C18H19Cl3N2. The molecule has 2 aromatic carbocycles. The van der Waals surface area contributed by atoms with Gasteiger partial charge in [-0.25, -0.2) is 0 Å². The maximum Gasteiger partial charge on any atom is 0.0465 e. The van der Waals surface area contributed by atoms with Crippen LogP contribution in [0.25, 0.3) is 0 Å². The monoisotopic (exact) mass is 368 g/mol. The molecule has 0 aliphatic carbocycles. The second-order valence-electron chi connectivity index (χ2n) is 5.88. The Kier molecular flexibility index (Phi) is 5.84. The highest BCUT2D eigenvalue weighted by Crippen LogP contribution is 2.26. The molecule has 0 spiro atoms. The van der Waals surface area contributed by atoms with Crippen LogP contribution in [0.2, 0.25) is 15.1 Å². The first-order chi connectivity index (χ1) is 11.1. The number of halogens is 3. The van der Waals surface area contributed by atoms with Gasteiger partial charge in [0.1, 0.15) is 0 Å². The summed E-state index contributed by atoms with van der Waals surface area (Å²) in [6.07, 6.45) is 0. The van der Waals surface area contributed by atoms with Crippen molar-refractivity contribution < 1.29 is 0 Å². The molecule has 0 unspecified atom stereocenters. The summed E-state index contributed by atoms with van der Waals surface area (Å²) < 4.78 is 0. The van der Waals surface area contributed by atoms with E-state index in [1.807, 2.05) is 30.3 Å². The molecule has 1 fully saturated rings. The van der Waals surface area contributed by atoms with Crippen molar-refractivity contribution in [2.45, 2.75) is 13.1 Å². The molecule has 0 N–H and O–H groups in total. The van der Waals surface area contributed by atoms with Crippen LogP contribution >= 0.6 is 34.8 Å². The van der Waals surface area contributed by atoms with E-state index in [-0.39, 0.29) is 0 Å². The molecule has 122 valence electrons. The Bertz CT molecular complexity index is 630. The van der Waals surface area contributed by atoms with Crippen molar-refractivity contribution in [1.82, 2.24) is 9.80 Å². The van der Waals surface area contributed by atoms with Gasteiger partial charge in [0, 0.05) is 59.9 Å². The largest absolute Gasteiger partial charge is 0.297 e. The lowest BCUT2D eigenvalue weighted by molar-refractivity contribution is 0.122. The first-order valence-electron chi connectivity index (χ1n) is 7.74. The van der Waals surface area contributed by atoms with E-state index < -0.39 is 0 Å². The summed E-state index contributed by atoms with van der Waals surface area (Å²) in [4.78, 5) is 4.87. The third kappa shape index (κ3) is 4.62. The summed E-state index contributed by atoms with van der Waals surface area (Å²) in [6, 6.07) is 13.8. The van der Waals surface area contributed by atoms with E-state index in [4.69, 9.17) is 34.8 Å². The van der Waals surface area contributed by atoms with Gasteiger partial charge in [-0.05, 0) is 29.8 Å². The molecule has 1 aliphatic heterocycles. The Hall–Kier alpha value is -0.770. The second-order valence-corrected chi connectivity index (χ2v) is 7.13. The van der Waals surface area contributed by atoms with Crippen molar-refractivity contribution in [2.75, 3.05) is 26.2 Å². The lowest BCUT2D eigenvalue weighted by Gasteiger charge is -2.35. The summed E-state index contributed by atoms with van der Waals surface area (Å²) in [6.45, 7) is 5.92. The Balaban J connectivity index is 1.53. The summed E-state index contributed by atoms with van der Waals surface area (Å²) in [5.74, 6) is 0. The first kappa shape index (κ1) is 17.1. The highest BCUT2D eigenvalue weighted by atomic mass is 35.5. The molecule has 0 saturated carbocycles. The Morgan fingerprint density at radius 3 is 1.78 bits per heavy atom. The lowest BCUT2D eigenvalue weighted by Crippen LogP contribution is -2.45. The van der Waals surface area contributed by atoms with Crippen molar-refractivity contribution in [3.63, 3.8) is 0 Å². The van der Waals surface area contributed by atoms with Gasteiger partial charge in [0.15, 0.2) is 0 Å². The van der Waals surface area contributed by atoms with E-state index >= 15 is 0 Å². The van der Waals surface area contributed by atoms with Crippen LogP contribution in [0, 0.1) is 0 Å². The van der Waals surface area contributed by atoms with Crippen LogP contribution in [-0.2, 0) is 13.1 Å². The average molecular weight is 370 g/mol. The molecule has 2 nitrogen and oxygen atoms in total. The SMILES string of the molecule is Clc1ccc(CN2CCN(Cc3c(Cl)cccc3Cl)CC2)cc1. The van der Waals surface area contributed by atoms with E-state index in [0.29, 0.717) is 0 Å². The zero-order valence-corrected chi connectivity index (χ0v) is 15.1. The summed E-state index contributed by atoms with van der Waals surface area (Å²) in [7, 11) is 0. The van der Waals surface area contributed by atoms with Gasteiger partial charge >= 0.3 is 0 Å². The van der Waals surface area contributed by atoms with Gasteiger partial charge < -0.3 is 0 Å². The fourth-order valence-electron chi connectivity index (χ4n) is 2.86. The van der Waals surface area contributed by atoms with Crippen LogP contribution in [0.15, 0.2) is 42.5 Å². The van der Waals surface area contributed by atoms with Crippen molar-refractivity contribution in [2.24, 2.45) is 0 Å². The zero-order chi connectivity index (χ0) is 16.2. The molecule has 0 radical (unpaired) electrons. The number of hydrogen-bond donors (Lipinski definition) is 0. The normalized spacial score (nSPS) is 16.7. The van der Waals surface area contributed by atoms with Gasteiger partial charge in [0.05, 0.1) is 0 Å². The van der Waals surface area contributed by atoms with E-state index in [9.17, 15) is 0 Å². The summed E-state index contributed by atoms with van der Waals surface area (Å²) in [5, 5.41) is 2.29. The van der Waals surface area contributed by atoms with Crippen LogP contribution in [0.1, 0.15) is 11.1 Å². The highest BCUT2D eigenvalue weighted by molar-refractivity contribution is 6.36. The first-order valence-corrected chi connectivity index (χ1v) is 8.87. The number of piperazine rings is 1. The molecule has 2 aromatic rings. The molecule has 3 rings (SSSR count). The minimum Gasteiger partial charge on any atom is -0.297 e. The second kappa shape index (κ2) is 7.87. The minimum atomic E-state index is 0.751. The quantitative estimate of drug-likeness (QED) is 0.751. The average Bonchev–Trinajstić information content (AvgIpc) is 2.55. The number of benzene rings is 2. The van der Waals surface area contributed by atoms with Crippen molar-refractivity contribution in [3.8, 4) is 0 Å². The number of hydrogen-bond acceptors (Lipinski definition) is 2.